The number of carbonyl (C=O) groups is 1. The SMILES string of the molecule is Cc1cccc(NCN2C(=O)/C(=C\c3ccccc3F)SC2=S)c1. The predicted octanol–water partition coefficient (Wildman–Crippen LogP) is 4.40. The van der Waals surface area contributed by atoms with Crippen LogP contribution in [0.4, 0.5) is 10.1 Å². The summed E-state index contributed by atoms with van der Waals surface area (Å²) in [5.41, 5.74) is 2.43. The second-order valence-corrected chi connectivity index (χ2v) is 7.01. The van der Waals surface area contributed by atoms with E-state index >= 15 is 0 Å². The molecule has 1 heterocycles. The second kappa shape index (κ2) is 7.15. The Bertz CT molecular complexity index is 835. The van der Waals surface area contributed by atoms with Gasteiger partial charge in [-0.15, -0.1) is 0 Å². The summed E-state index contributed by atoms with van der Waals surface area (Å²) in [5, 5.41) is 3.19. The Morgan fingerprint density at radius 2 is 2.04 bits per heavy atom. The first-order chi connectivity index (χ1) is 11.5. The van der Waals surface area contributed by atoms with Crippen LogP contribution in [0, 0.1) is 12.7 Å². The summed E-state index contributed by atoms with van der Waals surface area (Å²) in [7, 11) is 0. The Kier molecular flexibility index (Phi) is 4.97. The van der Waals surface area contributed by atoms with Crippen LogP contribution in [0.25, 0.3) is 6.08 Å². The number of nitrogens with one attached hydrogen (secondary N) is 1. The molecule has 0 saturated carbocycles. The zero-order valence-corrected chi connectivity index (χ0v) is 14.6. The van der Waals surface area contributed by atoms with Crippen molar-refractivity contribution in [2.75, 3.05) is 12.0 Å². The molecule has 2 aromatic rings. The largest absolute Gasteiger partial charge is 0.367 e. The number of thioether (sulfide) groups is 1. The third-order valence-electron chi connectivity index (χ3n) is 3.52. The van der Waals surface area contributed by atoms with E-state index in [0.29, 0.717) is 14.8 Å². The number of nitrogens with zero attached hydrogens (tertiary/aromatic N) is 1. The van der Waals surface area contributed by atoms with E-state index in [1.165, 1.54) is 22.7 Å². The highest BCUT2D eigenvalue weighted by Crippen LogP contribution is 2.32. The standard InChI is InChI=1S/C18H15FN2OS2/c1-12-5-4-7-14(9-12)20-11-21-17(22)16(24-18(21)23)10-13-6-2-3-8-15(13)19/h2-10,20H,11H2,1H3/b16-10+. The van der Waals surface area contributed by atoms with Gasteiger partial charge in [-0.25, -0.2) is 4.39 Å². The van der Waals surface area contributed by atoms with Crippen LogP contribution in [0.5, 0.6) is 0 Å². The number of thiocarbonyl (C=S) groups is 1. The van der Waals surface area contributed by atoms with Crippen LogP contribution in [0.1, 0.15) is 11.1 Å². The Labute approximate surface area is 149 Å². The van der Waals surface area contributed by atoms with Crippen LogP contribution in [0.2, 0.25) is 0 Å². The summed E-state index contributed by atoms with van der Waals surface area (Å²) in [6.45, 7) is 2.28. The van der Waals surface area contributed by atoms with E-state index < -0.39 is 0 Å². The van der Waals surface area contributed by atoms with E-state index in [9.17, 15) is 9.18 Å². The maximum atomic E-state index is 13.7. The van der Waals surface area contributed by atoms with E-state index in [4.69, 9.17) is 12.2 Å². The third kappa shape index (κ3) is 3.66. The van der Waals surface area contributed by atoms with Crippen LogP contribution >= 0.6 is 24.0 Å². The molecule has 0 atom stereocenters. The van der Waals surface area contributed by atoms with E-state index in [2.05, 4.69) is 5.32 Å². The van der Waals surface area contributed by atoms with Crippen molar-refractivity contribution < 1.29 is 9.18 Å². The lowest BCUT2D eigenvalue weighted by atomic mass is 10.2. The fourth-order valence-electron chi connectivity index (χ4n) is 2.30. The molecule has 2 aromatic carbocycles. The Hall–Kier alpha value is -2.18. The lowest BCUT2D eigenvalue weighted by molar-refractivity contribution is -0.121. The first-order valence-electron chi connectivity index (χ1n) is 7.35. The Balaban J connectivity index is 1.73. The molecular weight excluding hydrogens is 343 g/mol. The smallest absolute Gasteiger partial charge is 0.267 e. The zero-order chi connectivity index (χ0) is 17.1. The first kappa shape index (κ1) is 16.7. The molecule has 0 bridgehead atoms. The molecule has 24 heavy (non-hydrogen) atoms. The molecule has 1 aliphatic heterocycles. The van der Waals surface area contributed by atoms with Crippen molar-refractivity contribution in [2.24, 2.45) is 0 Å². The van der Waals surface area contributed by atoms with Gasteiger partial charge in [0.25, 0.3) is 5.91 Å². The predicted molar refractivity (Wildman–Crippen MR) is 101 cm³/mol. The summed E-state index contributed by atoms with van der Waals surface area (Å²) < 4.78 is 14.2. The average molecular weight is 358 g/mol. The van der Waals surface area contributed by atoms with Gasteiger partial charge in [-0.3, -0.25) is 9.69 Å². The van der Waals surface area contributed by atoms with Gasteiger partial charge in [0.1, 0.15) is 10.1 Å². The lowest BCUT2D eigenvalue weighted by Crippen LogP contribution is -2.33. The third-order valence-corrected chi connectivity index (χ3v) is 4.90. The van der Waals surface area contributed by atoms with E-state index in [1.807, 2.05) is 31.2 Å². The second-order valence-electron chi connectivity index (χ2n) is 5.34. The summed E-state index contributed by atoms with van der Waals surface area (Å²) in [6, 6.07) is 14.2. The normalized spacial score (nSPS) is 16.1. The topological polar surface area (TPSA) is 32.3 Å². The number of amides is 1. The van der Waals surface area contributed by atoms with Crippen LogP contribution < -0.4 is 5.32 Å². The number of aryl methyl sites for hydroxylation is 1. The van der Waals surface area contributed by atoms with Crippen molar-refractivity contribution >= 4 is 46.0 Å². The van der Waals surface area contributed by atoms with Crippen molar-refractivity contribution in [3.63, 3.8) is 0 Å². The molecule has 0 aromatic heterocycles. The molecule has 0 aliphatic carbocycles. The van der Waals surface area contributed by atoms with Crippen molar-refractivity contribution in [1.82, 2.24) is 4.90 Å². The van der Waals surface area contributed by atoms with Gasteiger partial charge < -0.3 is 5.32 Å². The molecule has 122 valence electrons. The van der Waals surface area contributed by atoms with Gasteiger partial charge in [0.15, 0.2) is 0 Å². The van der Waals surface area contributed by atoms with Crippen LogP contribution in [0.15, 0.2) is 53.4 Å². The minimum atomic E-state index is -0.361. The fraction of sp³-hybridized carbons (Fsp3) is 0.111. The molecular formula is C18H15FN2OS2. The molecule has 1 amide bonds. The Morgan fingerprint density at radius 1 is 1.25 bits per heavy atom. The number of hydrogen-bond acceptors (Lipinski definition) is 4. The Morgan fingerprint density at radius 3 is 2.79 bits per heavy atom. The zero-order valence-electron chi connectivity index (χ0n) is 13.0. The maximum absolute atomic E-state index is 13.7. The number of carbonyl (C=O) groups excluding carboxylic acids is 1. The van der Waals surface area contributed by atoms with Gasteiger partial charge in [-0.2, -0.15) is 0 Å². The number of rotatable bonds is 4. The summed E-state index contributed by atoms with van der Waals surface area (Å²) in [4.78, 5) is 14.4. The average Bonchev–Trinajstić information content (AvgIpc) is 2.82. The highest BCUT2D eigenvalue weighted by Gasteiger charge is 2.31. The van der Waals surface area contributed by atoms with Gasteiger partial charge in [0.2, 0.25) is 0 Å². The van der Waals surface area contributed by atoms with E-state index in [0.717, 1.165) is 11.3 Å². The summed E-state index contributed by atoms with van der Waals surface area (Å²) in [6.07, 6.45) is 1.54. The maximum Gasteiger partial charge on any atom is 0.267 e. The van der Waals surface area contributed by atoms with Crippen LogP contribution in [0.3, 0.4) is 0 Å². The minimum Gasteiger partial charge on any atom is -0.367 e. The molecule has 6 heteroatoms. The first-order valence-corrected chi connectivity index (χ1v) is 8.57. The quantitative estimate of drug-likeness (QED) is 0.648. The highest BCUT2D eigenvalue weighted by atomic mass is 32.2. The molecule has 1 aliphatic rings. The number of anilines is 1. The van der Waals surface area contributed by atoms with Crippen molar-refractivity contribution in [3.05, 3.63) is 70.4 Å². The van der Waals surface area contributed by atoms with Crippen molar-refractivity contribution in [3.8, 4) is 0 Å². The molecule has 0 radical (unpaired) electrons. The van der Waals surface area contributed by atoms with Crippen molar-refractivity contribution in [1.29, 1.82) is 0 Å². The number of hydrogen-bond donors (Lipinski definition) is 1. The molecule has 1 N–H and O–H groups in total. The van der Waals surface area contributed by atoms with E-state index in [-0.39, 0.29) is 18.4 Å². The summed E-state index contributed by atoms with van der Waals surface area (Å²) in [5.74, 6) is -0.575. The minimum absolute atomic E-state index is 0.214. The molecule has 3 nitrogen and oxygen atoms in total. The van der Waals surface area contributed by atoms with Crippen molar-refractivity contribution in [2.45, 2.75) is 6.92 Å². The number of halogens is 1. The molecule has 1 saturated heterocycles. The molecule has 0 spiro atoms. The molecule has 0 unspecified atom stereocenters. The van der Waals surface area contributed by atoms with Crippen LogP contribution in [-0.2, 0) is 4.79 Å². The van der Waals surface area contributed by atoms with Gasteiger partial charge in [0.05, 0.1) is 11.6 Å². The van der Waals surface area contributed by atoms with Gasteiger partial charge >= 0.3 is 0 Å². The van der Waals surface area contributed by atoms with Gasteiger partial charge in [-0.05, 0) is 36.8 Å². The lowest BCUT2D eigenvalue weighted by Gasteiger charge is -2.16. The van der Waals surface area contributed by atoms with Crippen LogP contribution in [-0.4, -0.2) is 21.8 Å². The fourth-order valence-corrected chi connectivity index (χ4v) is 3.54. The van der Waals surface area contributed by atoms with Gasteiger partial charge in [0, 0.05) is 11.3 Å². The van der Waals surface area contributed by atoms with E-state index in [1.54, 1.807) is 24.3 Å². The monoisotopic (exact) mass is 358 g/mol. The highest BCUT2D eigenvalue weighted by molar-refractivity contribution is 8.26. The summed E-state index contributed by atoms with van der Waals surface area (Å²) >= 11 is 6.46. The number of benzene rings is 2. The van der Waals surface area contributed by atoms with Gasteiger partial charge in [-0.1, -0.05) is 54.3 Å². The molecule has 3 rings (SSSR count). The molecule has 1 fully saturated rings.